The Bertz CT molecular complexity index is 361. The molecule has 17 heavy (non-hydrogen) atoms. The highest BCUT2D eigenvalue weighted by Crippen LogP contribution is 2.12. The van der Waals surface area contributed by atoms with Crippen molar-refractivity contribution in [3.8, 4) is 0 Å². The van der Waals surface area contributed by atoms with Crippen LogP contribution in [0.3, 0.4) is 0 Å². The molecule has 3 N–H and O–H groups in total. The SMILES string of the molecule is CCN(CC)C(N)=NNc1ccccc1C.Cl. The van der Waals surface area contributed by atoms with Gasteiger partial charge in [0.25, 0.3) is 0 Å². The van der Waals surface area contributed by atoms with Crippen LogP contribution in [0.15, 0.2) is 29.4 Å². The van der Waals surface area contributed by atoms with E-state index in [1.165, 1.54) is 0 Å². The summed E-state index contributed by atoms with van der Waals surface area (Å²) in [5, 5.41) is 4.17. The maximum atomic E-state index is 5.85. The molecule has 0 aliphatic rings. The summed E-state index contributed by atoms with van der Waals surface area (Å²) in [6.45, 7) is 7.87. The number of rotatable bonds is 4. The fraction of sp³-hybridized carbons (Fsp3) is 0.417. The molecule has 0 radical (unpaired) electrons. The van der Waals surface area contributed by atoms with Crippen molar-refractivity contribution >= 4 is 24.1 Å². The number of nitrogens with one attached hydrogen (secondary N) is 1. The van der Waals surface area contributed by atoms with Crippen molar-refractivity contribution in [3.05, 3.63) is 29.8 Å². The zero-order chi connectivity index (χ0) is 12.0. The van der Waals surface area contributed by atoms with E-state index in [0.717, 1.165) is 24.3 Å². The maximum absolute atomic E-state index is 5.85. The summed E-state index contributed by atoms with van der Waals surface area (Å²) in [5.74, 6) is 0.522. The lowest BCUT2D eigenvalue weighted by atomic mass is 10.2. The fourth-order valence-electron chi connectivity index (χ4n) is 1.43. The van der Waals surface area contributed by atoms with E-state index >= 15 is 0 Å². The number of hydrogen-bond donors (Lipinski definition) is 2. The monoisotopic (exact) mass is 256 g/mol. The van der Waals surface area contributed by atoms with Gasteiger partial charge in [0.05, 0.1) is 5.69 Å². The van der Waals surface area contributed by atoms with Crippen LogP contribution in [-0.4, -0.2) is 23.9 Å². The minimum atomic E-state index is 0. The van der Waals surface area contributed by atoms with Gasteiger partial charge >= 0.3 is 0 Å². The maximum Gasteiger partial charge on any atom is 0.214 e. The first-order chi connectivity index (χ1) is 7.69. The quantitative estimate of drug-likeness (QED) is 0.494. The third kappa shape index (κ3) is 4.53. The molecule has 5 heteroatoms. The molecule has 1 rings (SSSR count). The van der Waals surface area contributed by atoms with E-state index < -0.39 is 0 Å². The van der Waals surface area contributed by atoms with Gasteiger partial charge in [-0.3, -0.25) is 5.43 Å². The van der Waals surface area contributed by atoms with Crippen LogP contribution in [0.5, 0.6) is 0 Å². The number of nitrogens with zero attached hydrogens (tertiary/aromatic N) is 2. The zero-order valence-electron chi connectivity index (χ0n) is 10.6. The predicted molar refractivity (Wildman–Crippen MR) is 76.6 cm³/mol. The van der Waals surface area contributed by atoms with E-state index in [1.54, 1.807) is 0 Å². The molecule has 1 aromatic carbocycles. The van der Waals surface area contributed by atoms with E-state index in [2.05, 4.69) is 24.4 Å². The van der Waals surface area contributed by atoms with Crippen LogP contribution < -0.4 is 11.2 Å². The minimum Gasteiger partial charge on any atom is -0.368 e. The number of guanidine groups is 1. The summed E-state index contributed by atoms with van der Waals surface area (Å²) < 4.78 is 0. The lowest BCUT2D eigenvalue weighted by molar-refractivity contribution is 0.459. The lowest BCUT2D eigenvalue weighted by Gasteiger charge is -2.19. The van der Waals surface area contributed by atoms with Gasteiger partial charge in [-0.05, 0) is 32.4 Å². The lowest BCUT2D eigenvalue weighted by Crippen LogP contribution is -2.37. The van der Waals surface area contributed by atoms with Crippen molar-refractivity contribution in [2.75, 3.05) is 18.5 Å². The molecule has 0 bridgehead atoms. The van der Waals surface area contributed by atoms with Crippen molar-refractivity contribution in [1.29, 1.82) is 0 Å². The summed E-state index contributed by atoms with van der Waals surface area (Å²) in [5.41, 5.74) is 11.0. The highest BCUT2D eigenvalue weighted by atomic mass is 35.5. The second-order valence-corrected chi connectivity index (χ2v) is 3.57. The van der Waals surface area contributed by atoms with Crippen molar-refractivity contribution in [1.82, 2.24) is 4.90 Å². The van der Waals surface area contributed by atoms with Crippen LogP contribution >= 0.6 is 12.4 Å². The van der Waals surface area contributed by atoms with Gasteiger partial charge in [-0.15, -0.1) is 17.5 Å². The van der Waals surface area contributed by atoms with Gasteiger partial charge in [0, 0.05) is 13.1 Å². The Balaban J connectivity index is 0.00000256. The Kier molecular flexibility index (Phi) is 7.14. The van der Waals surface area contributed by atoms with E-state index in [9.17, 15) is 0 Å². The van der Waals surface area contributed by atoms with Crippen molar-refractivity contribution in [2.24, 2.45) is 10.8 Å². The van der Waals surface area contributed by atoms with E-state index in [1.807, 2.05) is 36.1 Å². The van der Waals surface area contributed by atoms with E-state index in [4.69, 9.17) is 5.73 Å². The van der Waals surface area contributed by atoms with Gasteiger partial charge in [-0.25, -0.2) is 0 Å². The van der Waals surface area contributed by atoms with Crippen molar-refractivity contribution < 1.29 is 0 Å². The molecular formula is C12H21ClN4. The minimum absolute atomic E-state index is 0. The topological polar surface area (TPSA) is 53.6 Å². The van der Waals surface area contributed by atoms with Gasteiger partial charge < -0.3 is 10.6 Å². The number of para-hydroxylation sites is 1. The Morgan fingerprint density at radius 1 is 1.29 bits per heavy atom. The molecule has 0 amide bonds. The molecule has 0 aliphatic carbocycles. The number of benzene rings is 1. The number of aryl methyl sites for hydroxylation is 1. The highest BCUT2D eigenvalue weighted by Gasteiger charge is 2.01. The normalized spacial score (nSPS) is 10.6. The number of hydrazone groups is 1. The average Bonchev–Trinajstić information content (AvgIpc) is 2.29. The largest absolute Gasteiger partial charge is 0.368 e. The molecular weight excluding hydrogens is 236 g/mol. The zero-order valence-corrected chi connectivity index (χ0v) is 11.4. The summed E-state index contributed by atoms with van der Waals surface area (Å²) in [6, 6.07) is 7.98. The first kappa shape index (κ1) is 15.6. The van der Waals surface area contributed by atoms with E-state index in [0.29, 0.717) is 5.96 Å². The Labute approximate surface area is 109 Å². The molecule has 0 aromatic heterocycles. The second kappa shape index (κ2) is 7.79. The van der Waals surface area contributed by atoms with Crippen LogP contribution in [0.2, 0.25) is 0 Å². The number of halogens is 1. The molecule has 0 aliphatic heterocycles. The average molecular weight is 257 g/mol. The summed E-state index contributed by atoms with van der Waals surface area (Å²) in [4.78, 5) is 1.99. The summed E-state index contributed by atoms with van der Waals surface area (Å²) in [7, 11) is 0. The van der Waals surface area contributed by atoms with Gasteiger partial charge in [0.1, 0.15) is 0 Å². The molecule has 1 aromatic rings. The van der Waals surface area contributed by atoms with Crippen LogP contribution in [0.25, 0.3) is 0 Å². The first-order valence-electron chi connectivity index (χ1n) is 5.58. The van der Waals surface area contributed by atoms with Gasteiger partial charge in [-0.2, -0.15) is 0 Å². The molecule has 0 atom stereocenters. The van der Waals surface area contributed by atoms with Crippen LogP contribution in [0.1, 0.15) is 19.4 Å². The number of anilines is 1. The third-order valence-corrected chi connectivity index (χ3v) is 2.52. The summed E-state index contributed by atoms with van der Waals surface area (Å²) >= 11 is 0. The number of hydrogen-bond acceptors (Lipinski definition) is 2. The highest BCUT2D eigenvalue weighted by molar-refractivity contribution is 5.85. The van der Waals surface area contributed by atoms with Crippen molar-refractivity contribution in [3.63, 3.8) is 0 Å². The van der Waals surface area contributed by atoms with Crippen molar-refractivity contribution in [2.45, 2.75) is 20.8 Å². The molecule has 0 saturated carbocycles. The predicted octanol–water partition coefficient (Wildman–Crippen LogP) is 2.40. The second-order valence-electron chi connectivity index (χ2n) is 3.57. The molecule has 4 nitrogen and oxygen atoms in total. The Hall–Kier alpha value is -1.42. The molecule has 96 valence electrons. The Morgan fingerprint density at radius 3 is 2.41 bits per heavy atom. The van der Waals surface area contributed by atoms with Gasteiger partial charge in [-0.1, -0.05) is 18.2 Å². The first-order valence-corrected chi connectivity index (χ1v) is 5.58. The smallest absolute Gasteiger partial charge is 0.214 e. The van der Waals surface area contributed by atoms with Gasteiger partial charge in [0.2, 0.25) is 5.96 Å². The van der Waals surface area contributed by atoms with Crippen LogP contribution in [0, 0.1) is 6.92 Å². The molecule has 0 saturated heterocycles. The third-order valence-electron chi connectivity index (χ3n) is 2.52. The standard InChI is InChI=1S/C12H20N4.ClH/c1-4-16(5-2)12(13)15-14-11-9-7-6-8-10(11)3;/h6-9,14H,4-5H2,1-3H3,(H2,13,15);1H. The fourth-order valence-corrected chi connectivity index (χ4v) is 1.43. The number of nitrogens with two attached hydrogens (primary N) is 1. The molecule has 0 fully saturated rings. The molecule has 0 heterocycles. The summed E-state index contributed by atoms with van der Waals surface area (Å²) in [6.07, 6.45) is 0. The Morgan fingerprint density at radius 2 is 1.88 bits per heavy atom. The molecule has 0 spiro atoms. The van der Waals surface area contributed by atoms with Crippen LogP contribution in [0.4, 0.5) is 5.69 Å². The van der Waals surface area contributed by atoms with Crippen LogP contribution in [-0.2, 0) is 0 Å². The van der Waals surface area contributed by atoms with E-state index in [-0.39, 0.29) is 12.4 Å². The van der Waals surface area contributed by atoms with Gasteiger partial charge in [0.15, 0.2) is 0 Å². The molecule has 0 unspecified atom stereocenters.